The van der Waals surface area contributed by atoms with E-state index in [9.17, 15) is 9.59 Å². The smallest absolute Gasteiger partial charge is 0.287 e. The summed E-state index contributed by atoms with van der Waals surface area (Å²) in [5.74, 6) is 1.58. The second kappa shape index (κ2) is 6.07. The van der Waals surface area contributed by atoms with Crippen molar-refractivity contribution in [3.05, 3.63) is 23.8 Å². The largest absolute Gasteiger partial charge is 0.454 e. The number of nitrogens with one attached hydrogen (secondary N) is 2. The Morgan fingerprint density at radius 1 is 1.12 bits per heavy atom. The van der Waals surface area contributed by atoms with E-state index in [-0.39, 0.29) is 17.9 Å². The average molecular weight is 333 g/mol. The average Bonchev–Trinajstić information content (AvgIpc) is 3.15. The van der Waals surface area contributed by atoms with Crippen LogP contribution in [0.1, 0.15) is 12.0 Å². The lowest BCUT2D eigenvalue weighted by molar-refractivity contribution is -1.02. The molecule has 0 unspecified atom stereocenters. The summed E-state index contributed by atoms with van der Waals surface area (Å²) in [7, 11) is 1.59. The molecular formula is C17H23N3O4+2. The van der Waals surface area contributed by atoms with Gasteiger partial charge in [0.2, 0.25) is 12.7 Å². The fraction of sp³-hybridized carbons (Fsp3) is 0.529. The first-order valence-corrected chi connectivity index (χ1v) is 8.49. The maximum atomic E-state index is 12.1. The number of quaternary nitrogens is 2. The van der Waals surface area contributed by atoms with Crippen molar-refractivity contribution >= 4 is 11.8 Å². The minimum atomic E-state index is -0.172. The van der Waals surface area contributed by atoms with E-state index in [0.717, 1.165) is 44.2 Å². The van der Waals surface area contributed by atoms with Gasteiger partial charge in [-0.15, -0.1) is 0 Å². The third-order valence-electron chi connectivity index (χ3n) is 5.36. The van der Waals surface area contributed by atoms with Crippen molar-refractivity contribution in [3.8, 4) is 11.5 Å². The van der Waals surface area contributed by atoms with Gasteiger partial charge in [0.15, 0.2) is 17.5 Å². The number of ether oxygens (including phenoxy) is 2. The molecule has 7 heteroatoms. The van der Waals surface area contributed by atoms with Crippen molar-refractivity contribution in [1.29, 1.82) is 0 Å². The zero-order chi connectivity index (χ0) is 16.7. The normalized spacial score (nSPS) is 29.4. The van der Waals surface area contributed by atoms with Crippen LogP contribution in [0, 0.1) is 0 Å². The lowest BCUT2D eigenvalue weighted by atomic mass is 10.1. The summed E-state index contributed by atoms with van der Waals surface area (Å²) in [5, 5.41) is 0. The standard InChI is InChI=1S/C17H21N3O4/c1-18-16(21)9-13(17(18)22)20-6-4-19(5-7-20)10-12-2-3-14-15(8-12)24-11-23-14/h2-3,8,13H,4-7,9-11H2,1H3/p+2/t13-/m1/s1. The predicted molar refractivity (Wildman–Crippen MR) is 83.8 cm³/mol. The molecule has 24 heavy (non-hydrogen) atoms. The summed E-state index contributed by atoms with van der Waals surface area (Å²) >= 11 is 0. The van der Waals surface area contributed by atoms with Crippen molar-refractivity contribution in [3.63, 3.8) is 0 Å². The number of benzene rings is 1. The van der Waals surface area contributed by atoms with Gasteiger partial charge in [0.05, 0.1) is 6.42 Å². The molecule has 2 amide bonds. The van der Waals surface area contributed by atoms with Gasteiger partial charge in [-0.2, -0.15) is 0 Å². The highest BCUT2D eigenvalue weighted by Crippen LogP contribution is 2.32. The fourth-order valence-electron chi connectivity index (χ4n) is 3.86. The van der Waals surface area contributed by atoms with Crippen LogP contribution in [-0.2, 0) is 16.1 Å². The van der Waals surface area contributed by atoms with E-state index in [2.05, 4.69) is 12.1 Å². The molecule has 0 saturated carbocycles. The second-order valence-electron chi connectivity index (χ2n) is 6.82. The van der Waals surface area contributed by atoms with E-state index in [4.69, 9.17) is 9.47 Å². The van der Waals surface area contributed by atoms with E-state index in [0.29, 0.717) is 13.2 Å². The number of hydrogen-bond acceptors (Lipinski definition) is 4. The lowest BCUT2D eigenvalue weighted by Crippen LogP contribution is -3.29. The first kappa shape index (κ1) is 15.4. The molecule has 0 radical (unpaired) electrons. The number of amides is 2. The number of likely N-dealkylation sites (tertiary alicyclic amines) is 1. The molecule has 1 aromatic carbocycles. The number of rotatable bonds is 3. The molecule has 0 spiro atoms. The molecule has 0 aliphatic carbocycles. The number of fused-ring (bicyclic) bond motifs is 1. The summed E-state index contributed by atoms with van der Waals surface area (Å²) in [6, 6.07) is 5.95. The summed E-state index contributed by atoms with van der Waals surface area (Å²) in [6.07, 6.45) is 0.363. The number of imide groups is 1. The van der Waals surface area contributed by atoms with E-state index < -0.39 is 0 Å². The monoisotopic (exact) mass is 333 g/mol. The topological polar surface area (TPSA) is 64.7 Å². The van der Waals surface area contributed by atoms with Gasteiger partial charge in [-0.1, -0.05) is 0 Å². The van der Waals surface area contributed by atoms with Crippen LogP contribution in [0.2, 0.25) is 0 Å². The SMILES string of the molecule is CN1C(=O)C[C@@H]([NH+]2CC[NH+](Cc3ccc4c(c3)OCO4)CC2)C1=O. The van der Waals surface area contributed by atoms with Crippen molar-refractivity contribution < 1.29 is 28.9 Å². The van der Waals surface area contributed by atoms with Crippen molar-refractivity contribution in [1.82, 2.24) is 4.90 Å². The number of piperazine rings is 1. The molecule has 4 rings (SSSR count). The molecular weight excluding hydrogens is 310 g/mol. The summed E-state index contributed by atoms with van der Waals surface area (Å²) < 4.78 is 10.8. The zero-order valence-electron chi connectivity index (χ0n) is 13.8. The first-order chi connectivity index (χ1) is 11.6. The molecule has 1 aromatic rings. The maximum Gasteiger partial charge on any atom is 0.287 e. The van der Waals surface area contributed by atoms with Crippen molar-refractivity contribution in [2.75, 3.05) is 40.0 Å². The second-order valence-corrected chi connectivity index (χ2v) is 6.82. The van der Waals surface area contributed by atoms with Gasteiger partial charge in [-0.25, -0.2) is 0 Å². The van der Waals surface area contributed by atoms with Crippen molar-refractivity contribution in [2.24, 2.45) is 0 Å². The van der Waals surface area contributed by atoms with Gasteiger partial charge in [0.1, 0.15) is 32.7 Å². The van der Waals surface area contributed by atoms with Crippen LogP contribution in [0.25, 0.3) is 0 Å². The highest BCUT2D eigenvalue weighted by atomic mass is 16.7. The Labute approximate surface area is 140 Å². The Morgan fingerprint density at radius 3 is 2.58 bits per heavy atom. The molecule has 1 atom stereocenters. The molecule has 128 valence electrons. The van der Waals surface area contributed by atoms with Crippen LogP contribution in [0.5, 0.6) is 11.5 Å². The minimum absolute atomic E-state index is 0.0192. The number of nitrogens with zero attached hydrogens (tertiary/aromatic N) is 1. The minimum Gasteiger partial charge on any atom is -0.454 e. The maximum absolute atomic E-state index is 12.1. The number of hydrogen-bond donors (Lipinski definition) is 2. The molecule has 2 saturated heterocycles. The number of carbonyl (C=O) groups is 2. The molecule has 0 bridgehead atoms. The van der Waals surface area contributed by atoms with E-state index in [1.165, 1.54) is 20.3 Å². The number of carbonyl (C=O) groups excluding carboxylic acids is 2. The van der Waals surface area contributed by atoms with Gasteiger partial charge in [0, 0.05) is 12.6 Å². The highest BCUT2D eigenvalue weighted by molar-refractivity contribution is 6.04. The molecule has 7 nitrogen and oxygen atoms in total. The summed E-state index contributed by atoms with van der Waals surface area (Å²) in [5.41, 5.74) is 1.24. The molecule has 3 aliphatic rings. The Morgan fingerprint density at radius 2 is 1.88 bits per heavy atom. The third kappa shape index (κ3) is 2.74. The van der Waals surface area contributed by atoms with Crippen LogP contribution in [0.4, 0.5) is 0 Å². The number of likely N-dealkylation sites (N-methyl/N-ethyl adjacent to an activating group) is 1. The Hall–Kier alpha value is -2.12. The highest BCUT2D eigenvalue weighted by Gasteiger charge is 2.44. The Balaban J connectivity index is 1.33. The van der Waals surface area contributed by atoms with Crippen LogP contribution >= 0.6 is 0 Å². The predicted octanol–water partition coefficient (Wildman–Crippen LogP) is -2.54. The van der Waals surface area contributed by atoms with Gasteiger partial charge in [-0.3, -0.25) is 14.5 Å². The Bertz CT molecular complexity index is 670. The van der Waals surface area contributed by atoms with Gasteiger partial charge in [0.25, 0.3) is 5.91 Å². The summed E-state index contributed by atoms with van der Waals surface area (Å²) in [6.45, 7) is 5.11. The first-order valence-electron chi connectivity index (χ1n) is 8.49. The fourth-order valence-corrected chi connectivity index (χ4v) is 3.86. The third-order valence-corrected chi connectivity index (χ3v) is 5.36. The van der Waals surface area contributed by atoms with Gasteiger partial charge < -0.3 is 19.3 Å². The lowest BCUT2D eigenvalue weighted by Gasteiger charge is -2.32. The molecule has 3 aliphatic heterocycles. The van der Waals surface area contributed by atoms with Crippen LogP contribution in [0.3, 0.4) is 0 Å². The molecule has 0 aromatic heterocycles. The van der Waals surface area contributed by atoms with Crippen LogP contribution in [0.15, 0.2) is 18.2 Å². The van der Waals surface area contributed by atoms with Crippen LogP contribution in [-0.4, -0.2) is 62.8 Å². The zero-order valence-corrected chi connectivity index (χ0v) is 13.8. The van der Waals surface area contributed by atoms with Crippen molar-refractivity contribution in [2.45, 2.75) is 19.0 Å². The van der Waals surface area contributed by atoms with E-state index in [1.807, 2.05) is 6.07 Å². The molecule has 2 N–H and O–H groups in total. The van der Waals surface area contributed by atoms with E-state index >= 15 is 0 Å². The van der Waals surface area contributed by atoms with Crippen LogP contribution < -0.4 is 19.3 Å². The van der Waals surface area contributed by atoms with E-state index in [1.54, 1.807) is 7.05 Å². The Kier molecular flexibility index (Phi) is 3.90. The quantitative estimate of drug-likeness (QED) is 0.598. The van der Waals surface area contributed by atoms with Gasteiger partial charge >= 0.3 is 0 Å². The summed E-state index contributed by atoms with van der Waals surface area (Å²) in [4.78, 5) is 27.9. The molecule has 2 fully saturated rings. The van der Waals surface area contributed by atoms with Gasteiger partial charge in [-0.05, 0) is 18.2 Å². The molecule has 3 heterocycles.